The summed E-state index contributed by atoms with van der Waals surface area (Å²) in [5.41, 5.74) is 0.929. The van der Waals surface area contributed by atoms with Crippen molar-refractivity contribution in [3.63, 3.8) is 0 Å². The van der Waals surface area contributed by atoms with E-state index >= 15 is 0 Å². The number of carbonyl (C=O) groups is 1. The summed E-state index contributed by atoms with van der Waals surface area (Å²) in [7, 11) is 1.26. The molecule has 0 amide bonds. The molecule has 0 aliphatic heterocycles. The molecule has 1 aliphatic rings. The van der Waals surface area contributed by atoms with Gasteiger partial charge in [0.2, 0.25) is 0 Å². The molecule has 0 aromatic rings. The summed E-state index contributed by atoms with van der Waals surface area (Å²) < 4.78 is 4.33. The SMILES string of the molecule is C=C1C[C@H]1[C@H](O)C(=O)OC. The summed E-state index contributed by atoms with van der Waals surface area (Å²) in [4.78, 5) is 10.6. The van der Waals surface area contributed by atoms with Gasteiger partial charge in [-0.15, -0.1) is 0 Å². The minimum Gasteiger partial charge on any atom is -0.467 e. The number of methoxy groups -OCH3 is 1. The number of rotatable bonds is 2. The smallest absolute Gasteiger partial charge is 0.335 e. The van der Waals surface area contributed by atoms with E-state index in [9.17, 15) is 4.79 Å². The summed E-state index contributed by atoms with van der Waals surface area (Å²) >= 11 is 0. The number of esters is 1. The number of aliphatic hydroxyl groups is 1. The maximum atomic E-state index is 10.6. The third-order valence-corrected chi connectivity index (χ3v) is 1.67. The first-order valence-electron chi connectivity index (χ1n) is 3.10. The molecule has 0 aromatic heterocycles. The molecule has 10 heavy (non-hydrogen) atoms. The molecule has 2 atom stereocenters. The highest BCUT2D eigenvalue weighted by molar-refractivity contribution is 5.76. The lowest BCUT2D eigenvalue weighted by Gasteiger charge is -2.03. The first-order valence-corrected chi connectivity index (χ1v) is 3.10. The lowest BCUT2D eigenvalue weighted by molar-refractivity contribution is -0.151. The predicted molar refractivity (Wildman–Crippen MR) is 35.3 cm³/mol. The van der Waals surface area contributed by atoms with Crippen LogP contribution in [0.4, 0.5) is 0 Å². The number of aliphatic hydroxyl groups excluding tert-OH is 1. The van der Waals surface area contributed by atoms with Gasteiger partial charge < -0.3 is 9.84 Å². The average molecular weight is 142 g/mol. The molecule has 56 valence electrons. The van der Waals surface area contributed by atoms with Gasteiger partial charge in [0.25, 0.3) is 0 Å². The second-order valence-corrected chi connectivity index (χ2v) is 2.44. The van der Waals surface area contributed by atoms with E-state index in [4.69, 9.17) is 5.11 Å². The van der Waals surface area contributed by atoms with Gasteiger partial charge in [0.15, 0.2) is 6.10 Å². The maximum absolute atomic E-state index is 10.6. The number of ether oxygens (including phenoxy) is 1. The van der Waals surface area contributed by atoms with E-state index < -0.39 is 12.1 Å². The molecule has 0 saturated heterocycles. The van der Waals surface area contributed by atoms with Crippen LogP contribution in [0.15, 0.2) is 12.2 Å². The van der Waals surface area contributed by atoms with Gasteiger partial charge in [0.05, 0.1) is 7.11 Å². The van der Waals surface area contributed by atoms with Gasteiger partial charge in [-0.2, -0.15) is 0 Å². The Morgan fingerprint density at radius 2 is 2.50 bits per heavy atom. The number of hydrogen-bond acceptors (Lipinski definition) is 3. The van der Waals surface area contributed by atoms with Gasteiger partial charge in [0.1, 0.15) is 0 Å². The topological polar surface area (TPSA) is 46.5 Å². The Bertz CT molecular complexity index is 174. The second kappa shape index (κ2) is 2.42. The molecule has 0 radical (unpaired) electrons. The molecule has 0 aromatic carbocycles. The first-order chi connectivity index (χ1) is 4.66. The zero-order valence-corrected chi connectivity index (χ0v) is 5.83. The Labute approximate surface area is 59.3 Å². The van der Waals surface area contributed by atoms with Crippen molar-refractivity contribution in [1.82, 2.24) is 0 Å². The van der Waals surface area contributed by atoms with Gasteiger partial charge in [-0.05, 0) is 6.42 Å². The van der Waals surface area contributed by atoms with Crippen LogP contribution in [0.25, 0.3) is 0 Å². The Morgan fingerprint density at radius 1 is 2.00 bits per heavy atom. The van der Waals surface area contributed by atoms with Crippen molar-refractivity contribution >= 4 is 5.97 Å². The molecule has 0 unspecified atom stereocenters. The third-order valence-electron chi connectivity index (χ3n) is 1.67. The number of hydrogen-bond donors (Lipinski definition) is 1. The highest BCUT2D eigenvalue weighted by Crippen LogP contribution is 2.38. The van der Waals surface area contributed by atoms with Crippen LogP contribution < -0.4 is 0 Å². The zero-order chi connectivity index (χ0) is 7.72. The van der Waals surface area contributed by atoms with Crippen LogP contribution in [-0.2, 0) is 9.53 Å². The molecule has 1 saturated carbocycles. The minimum absolute atomic E-state index is 0.0487. The van der Waals surface area contributed by atoms with Crippen molar-refractivity contribution in [2.24, 2.45) is 5.92 Å². The van der Waals surface area contributed by atoms with Gasteiger partial charge in [-0.25, -0.2) is 4.79 Å². The predicted octanol–water partition coefficient (Wildman–Crippen LogP) is 0.0964. The number of carbonyl (C=O) groups excluding carboxylic acids is 1. The molecular weight excluding hydrogens is 132 g/mol. The van der Waals surface area contributed by atoms with Gasteiger partial charge >= 0.3 is 5.97 Å². The van der Waals surface area contributed by atoms with Gasteiger partial charge in [0, 0.05) is 5.92 Å². The first kappa shape index (κ1) is 7.28. The van der Waals surface area contributed by atoms with Crippen molar-refractivity contribution in [2.75, 3.05) is 7.11 Å². The zero-order valence-electron chi connectivity index (χ0n) is 5.83. The maximum Gasteiger partial charge on any atom is 0.335 e. The Kier molecular flexibility index (Phi) is 1.76. The highest BCUT2D eigenvalue weighted by Gasteiger charge is 2.39. The monoisotopic (exact) mass is 142 g/mol. The fourth-order valence-corrected chi connectivity index (χ4v) is 0.843. The van der Waals surface area contributed by atoms with Crippen LogP contribution >= 0.6 is 0 Å². The van der Waals surface area contributed by atoms with Crippen LogP contribution in [0.3, 0.4) is 0 Å². The van der Waals surface area contributed by atoms with E-state index in [-0.39, 0.29) is 5.92 Å². The molecule has 0 bridgehead atoms. The molecule has 3 nitrogen and oxygen atoms in total. The van der Waals surface area contributed by atoms with Crippen molar-refractivity contribution < 1.29 is 14.6 Å². The molecule has 3 heteroatoms. The molecular formula is C7H10O3. The van der Waals surface area contributed by atoms with Crippen molar-refractivity contribution in [3.05, 3.63) is 12.2 Å². The highest BCUT2D eigenvalue weighted by atomic mass is 16.5. The largest absolute Gasteiger partial charge is 0.467 e. The normalized spacial score (nSPS) is 25.8. The van der Waals surface area contributed by atoms with E-state index in [0.29, 0.717) is 0 Å². The van der Waals surface area contributed by atoms with Crippen LogP contribution in [0.2, 0.25) is 0 Å². The lowest BCUT2D eigenvalue weighted by Crippen LogP contribution is -2.23. The Morgan fingerprint density at radius 3 is 2.80 bits per heavy atom. The minimum atomic E-state index is -0.988. The van der Waals surface area contributed by atoms with E-state index in [1.165, 1.54) is 7.11 Å². The summed E-state index contributed by atoms with van der Waals surface area (Å²) in [5, 5.41) is 9.09. The summed E-state index contributed by atoms with van der Waals surface area (Å²) in [5.74, 6) is -0.615. The van der Waals surface area contributed by atoms with Gasteiger partial charge in [-0.1, -0.05) is 12.2 Å². The van der Waals surface area contributed by atoms with Crippen LogP contribution in [0.1, 0.15) is 6.42 Å². The van der Waals surface area contributed by atoms with Crippen molar-refractivity contribution in [3.8, 4) is 0 Å². The molecule has 0 heterocycles. The van der Waals surface area contributed by atoms with E-state index in [2.05, 4.69) is 11.3 Å². The average Bonchev–Trinajstić information content (AvgIpc) is 2.63. The Balaban J connectivity index is 2.42. The van der Waals surface area contributed by atoms with Crippen molar-refractivity contribution in [1.29, 1.82) is 0 Å². The van der Waals surface area contributed by atoms with E-state index in [0.717, 1.165) is 12.0 Å². The lowest BCUT2D eigenvalue weighted by atomic mass is 10.2. The summed E-state index contributed by atoms with van der Waals surface area (Å²) in [6, 6.07) is 0. The summed E-state index contributed by atoms with van der Waals surface area (Å²) in [6.45, 7) is 3.62. The summed E-state index contributed by atoms with van der Waals surface area (Å²) in [6.07, 6.45) is -0.242. The van der Waals surface area contributed by atoms with Crippen molar-refractivity contribution in [2.45, 2.75) is 12.5 Å². The van der Waals surface area contributed by atoms with Crippen LogP contribution in [-0.4, -0.2) is 24.3 Å². The quantitative estimate of drug-likeness (QED) is 0.439. The molecule has 1 fully saturated rings. The van der Waals surface area contributed by atoms with Crippen LogP contribution in [0.5, 0.6) is 0 Å². The third kappa shape index (κ3) is 1.19. The molecule has 1 aliphatic carbocycles. The van der Waals surface area contributed by atoms with E-state index in [1.807, 2.05) is 0 Å². The molecule has 1 rings (SSSR count). The van der Waals surface area contributed by atoms with E-state index in [1.54, 1.807) is 0 Å². The molecule has 1 N–H and O–H groups in total. The Hall–Kier alpha value is -0.830. The standard InChI is InChI=1S/C7H10O3/c1-4-3-5(4)6(8)7(9)10-2/h5-6,8H,1,3H2,2H3/t5-,6+/m1/s1. The molecule has 0 spiro atoms. The van der Waals surface area contributed by atoms with Gasteiger partial charge in [-0.3, -0.25) is 0 Å². The fourth-order valence-electron chi connectivity index (χ4n) is 0.843. The second-order valence-electron chi connectivity index (χ2n) is 2.44. The fraction of sp³-hybridized carbons (Fsp3) is 0.571. The van der Waals surface area contributed by atoms with Crippen LogP contribution in [0, 0.1) is 5.92 Å².